The minimum absolute atomic E-state index is 0.236. The van der Waals surface area contributed by atoms with Gasteiger partial charge in [-0.3, -0.25) is 0 Å². The van der Waals surface area contributed by atoms with Crippen molar-refractivity contribution in [1.82, 2.24) is 5.32 Å². The third-order valence-electron chi connectivity index (χ3n) is 2.84. The molecule has 1 aromatic rings. The van der Waals surface area contributed by atoms with E-state index in [4.69, 9.17) is 9.84 Å². The van der Waals surface area contributed by atoms with E-state index in [0.29, 0.717) is 6.61 Å². The first kappa shape index (κ1) is 16.0. The van der Waals surface area contributed by atoms with Crippen LogP contribution < -0.4 is 5.32 Å². The molecule has 1 atom stereocenters. The summed E-state index contributed by atoms with van der Waals surface area (Å²) in [5, 5.41) is 11.5. The molecule has 0 unspecified atom stereocenters. The maximum atomic E-state index is 11.5. The highest BCUT2D eigenvalue weighted by Gasteiger charge is 2.21. The first-order chi connectivity index (χ1) is 9.52. The maximum absolute atomic E-state index is 11.5. The van der Waals surface area contributed by atoms with Gasteiger partial charge in [0.2, 0.25) is 0 Å². The number of nitrogens with one attached hydrogen (secondary N) is 1. The van der Waals surface area contributed by atoms with Gasteiger partial charge in [-0.2, -0.15) is 0 Å². The number of amides is 1. The van der Waals surface area contributed by atoms with Gasteiger partial charge in [0.05, 0.1) is 6.61 Å². The van der Waals surface area contributed by atoms with E-state index in [0.717, 1.165) is 24.0 Å². The van der Waals surface area contributed by atoms with Crippen molar-refractivity contribution < 1.29 is 19.4 Å². The Kier molecular flexibility index (Phi) is 6.56. The molecule has 1 aromatic carbocycles. The van der Waals surface area contributed by atoms with E-state index in [2.05, 4.69) is 5.32 Å². The van der Waals surface area contributed by atoms with E-state index >= 15 is 0 Å². The molecule has 0 spiro atoms. The first-order valence-corrected chi connectivity index (χ1v) is 6.74. The summed E-state index contributed by atoms with van der Waals surface area (Å²) in [6.07, 6.45) is 1.24. The molecule has 5 heteroatoms. The molecule has 0 radical (unpaired) electrons. The zero-order valence-corrected chi connectivity index (χ0v) is 11.9. The Bertz CT molecular complexity index is 459. The van der Waals surface area contributed by atoms with Crippen molar-refractivity contribution in [3.63, 3.8) is 0 Å². The van der Waals surface area contributed by atoms with Gasteiger partial charge in [0.15, 0.2) is 0 Å². The van der Waals surface area contributed by atoms with Crippen LogP contribution in [-0.4, -0.2) is 29.8 Å². The van der Waals surface area contributed by atoms with Crippen LogP contribution in [0.4, 0.5) is 4.79 Å². The van der Waals surface area contributed by atoms with Crippen LogP contribution in [0.1, 0.15) is 30.9 Å². The average molecular weight is 279 g/mol. The summed E-state index contributed by atoms with van der Waals surface area (Å²) in [7, 11) is 0. The van der Waals surface area contributed by atoms with Crippen LogP contribution in [0.25, 0.3) is 0 Å². The van der Waals surface area contributed by atoms with Crippen molar-refractivity contribution in [3.05, 3.63) is 35.4 Å². The molecule has 5 nitrogen and oxygen atoms in total. The van der Waals surface area contributed by atoms with Gasteiger partial charge in [-0.1, -0.05) is 43.2 Å². The number of benzene rings is 1. The lowest BCUT2D eigenvalue weighted by Gasteiger charge is -2.15. The molecule has 0 saturated heterocycles. The molecule has 0 aliphatic rings. The lowest BCUT2D eigenvalue weighted by molar-refractivity contribution is -0.139. The number of aryl methyl sites for hydroxylation is 1. The van der Waals surface area contributed by atoms with E-state index < -0.39 is 18.1 Å². The minimum Gasteiger partial charge on any atom is -0.480 e. The zero-order valence-electron chi connectivity index (χ0n) is 11.9. The second-order valence-electron chi connectivity index (χ2n) is 4.72. The summed E-state index contributed by atoms with van der Waals surface area (Å²) in [4.78, 5) is 22.7. The lowest BCUT2D eigenvalue weighted by Crippen LogP contribution is -2.42. The van der Waals surface area contributed by atoms with Crippen LogP contribution in [0.15, 0.2) is 24.3 Å². The summed E-state index contributed by atoms with van der Waals surface area (Å²) >= 11 is 0. The number of hydrogen-bond acceptors (Lipinski definition) is 3. The number of carboxylic acids is 1. The van der Waals surface area contributed by atoms with Crippen LogP contribution in [0, 0.1) is 6.92 Å². The molecule has 0 heterocycles. The first-order valence-electron chi connectivity index (χ1n) is 6.74. The summed E-state index contributed by atoms with van der Waals surface area (Å²) in [5.74, 6) is -1.07. The summed E-state index contributed by atoms with van der Waals surface area (Å²) in [5.41, 5.74) is 1.92. The second kappa shape index (κ2) is 8.19. The van der Waals surface area contributed by atoms with Crippen LogP contribution >= 0.6 is 0 Å². The molecule has 20 heavy (non-hydrogen) atoms. The molecular formula is C15H21NO4. The zero-order chi connectivity index (χ0) is 15.0. The van der Waals surface area contributed by atoms with Gasteiger partial charge >= 0.3 is 12.1 Å². The summed E-state index contributed by atoms with van der Waals surface area (Å²) in [6, 6.07) is 6.56. The predicted octanol–water partition coefficient (Wildman–Crippen LogP) is 2.52. The van der Waals surface area contributed by atoms with Crippen molar-refractivity contribution in [2.45, 2.75) is 39.2 Å². The van der Waals surface area contributed by atoms with E-state index in [1.54, 1.807) is 0 Å². The van der Waals surface area contributed by atoms with Crippen molar-refractivity contribution in [1.29, 1.82) is 0 Å². The standard InChI is InChI=1S/C15H21NO4/c1-3-4-8-20-15(19)16-13(14(17)18)10-12-7-5-6-11(2)9-12/h5-7,9,13H,3-4,8,10H2,1-2H3,(H,16,19)(H,17,18)/t13-/m0/s1. The van der Waals surface area contributed by atoms with Crippen LogP contribution in [0.2, 0.25) is 0 Å². The number of carbonyl (C=O) groups excluding carboxylic acids is 1. The van der Waals surface area contributed by atoms with Gasteiger partial charge in [-0.05, 0) is 18.9 Å². The summed E-state index contributed by atoms with van der Waals surface area (Å²) < 4.78 is 4.91. The number of carbonyl (C=O) groups is 2. The number of carboxylic acid groups (broad SMARTS) is 1. The predicted molar refractivity (Wildman–Crippen MR) is 75.7 cm³/mol. The van der Waals surface area contributed by atoms with Gasteiger partial charge in [0.25, 0.3) is 0 Å². The van der Waals surface area contributed by atoms with Gasteiger partial charge in [0, 0.05) is 6.42 Å². The van der Waals surface area contributed by atoms with Crippen molar-refractivity contribution in [2.24, 2.45) is 0 Å². The Balaban J connectivity index is 2.56. The van der Waals surface area contributed by atoms with Crippen LogP contribution in [0.5, 0.6) is 0 Å². The van der Waals surface area contributed by atoms with E-state index in [-0.39, 0.29) is 6.42 Å². The number of aliphatic carboxylic acids is 1. The Morgan fingerprint density at radius 3 is 2.75 bits per heavy atom. The molecular weight excluding hydrogens is 258 g/mol. The maximum Gasteiger partial charge on any atom is 0.407 e. The Morgan fingerprint density at radius 1 is 1.40 bits per heavy atom. The SMILES string of the molecule is CCCCOC(=O)N[C@@H](Cc1cccc(C)c1)C(=O)O. The molecule has 0 aliphatic carbocycles. The fourth-order valence-electron chi connectivity index (χ4n) is 1.77. The van der Waals surface area contributed by atoms with Gasteiger partial charge in [-0.15, -0.1) is 0 Å². The highest BCUT2D eigenvalue weighted by atomic mass is 16.5. The Morgan fingerprint density at radius 2 is 2.15 bits per heavy atom. The molecule has 0 fully saturated rings. The molecule has 1 amide bonds. The monoisotopic (exact) mass is 279 g/mol. The van der Waals surface area contributed by atoms with Crippen LogP contribution in [-0.2, 0) is 16.0 Å². The highest BCUT2D eigenvalue weighted by Crippen LogP contribution is 2.07. The molecule has 2 N–H and O–H groups in total. The Hall–Kier alpha value is -2.04. The molecule has 0 bridgehead atoms. The van der Waals surface area contributed by atoms with Gasteiger partial charge < -0.3 is 15.2 Å². The van der Waals surface area contributed by atoms with E-state index in [1.165, 1.54) is 0 Å². The largest absolute Gasteiger partial charge is 0.480 e. The minimum atomic E-state index is -1.07. The molecule has 110 valence electrons. The smallest absolute Gasteiger partial charge is 0.407 e. The second-order valence-corrected chi connectivity index (χ2v) is 4.72. The fraction of sp³-hybridized carbons (Fsp3) is 0.467. The Labute approximate surface area is 118 Å². The molecule has 1 rings (SSSR count). The third-order valence-corrected chi connectivity index (χ3v) is 2.84. The lowest BCUT2D eigenvalue weighted by atomic mass is 10.0. The number of hydrogen-bond donors (Lipinski definition) is 2. The molecule has 0 aliphatic heterocycles. The number of ether oxygens (including phenoxy) is 1. The topological polar surface area (TPSA) is 75.6 Å². The summed E-state index contributed by atoms with van der Waals surface area (Å²) in [6.45, 7) is 4.23. The molecule has 0 aromatic heterocycles. The third kappa shape index (κ3) is 5.73. The number of alkyl carbamates (subject to hydrolysis) is 1. The van der Waals surface area contributed by atoms with E-state index in [9.17, 15) is 9.59 Å². The molecule has 0 saturated carbocycles. The van der Waals surface area contributed by atoms with Crippen LogP contribution in [0.3, 0.4) is 0 Å². The van der Waals surface area contributed by atoms with Gasteiger partial charge in [-0.25, -0.2) is 9.59 Å². The fourth-order valence-corrected chi connectivity index (χ4v) is 1.77. The highest BCUT2D eigenvalue weighted by molar-refractivity contribution is 5.80. The van der Waals surface area contributed by atoms with E-state index in [1.807, 2.05) is 38.1 Å². The number of rotatable bonds is 7. The van der Waals surface area contributed by atoms with Gasteiger partial charge in [0.1, 0.15) is 6.04 Å². The average Bonchev–Trinajstić information content (AvgIpc) is 2.38. The van der Waals surface area contributed by atoms with Crippen molar-refractivity contribution >= 4 is 12.1 Å². The normalized spacial score (nSPS) is 11.7. The number of unbranched alkanes of at least 4 members (excludes halogenated alkanes) is 1. The van der Waals surface area contributed by atoms with Crippen molar-refractivity contribution in [2.75, 3.05) is 6.61 Å². The van der Waals surface area contributed by atoms with Crippen molar-refractivity contribution in [3.8, 4) is 0 Å². The quantitative estimate of drug-likeness (QED) is 0.752.